The number of hydrogen-bond acceptors (Lipinski definition) is 6. The second-order valence-corrected chi connectivity index (χ2v) is 9.22. The maximum absolute atomic E-state index is 13.0. The van der Waals surface area contributed by atoms with Crippen LogP contribution in [0.3, 0.4) is 0 Å². The first-order valence-corrected chi connectivity index (χ1v) is 11.0. The van der Waals surface area contributed by atoms with E-state index >= 15 is 0 Å². The third kappa shape index (κ3) is 4.31. The number of aromatic nitrogens is 1. The number of phenolic OH excluding ortho intramolecular Hbond substituents is 1. The van der Waals surface area contributed by atoms with Crippen LogP contribution in [0.1, 0.15) is 15.9 Å². The minimum absolute atomic E-state index is 0.00930. The summed E-state index contributed by atoms with van der Waals surface area (Å²) in [4.78, 5) is 27.7. The Morgan fingerprint density at radius 1 is 1.13 bits per heavy atom. The number of pyridine rings is 1. The Bertz CT molecular complexity index is 1310. The number of amides is 1. The number of ether oxygens (including phenoxy) is 1. The lowest BCUT2D eigenvalue weighted by Gasteiger charge is -2.26. The molecular weight excluding hydrogens is 422 g/mol. The zero-order chi connectivity index (χ0) is 22.2. The fourth-order valence-electron chi connectivity index (χ4n) is 3.55. The SMILES string of the molecule is Cc1cc(O)cc(NC(=O)c2cc(=O)[nH]c3ccc(S(=O)(=O)N4CCOCC4)cc23)c1. The average molecular weight is 443 g/mol. The van der Waals surface area contributed by atoms with E-state index in [0.717, 1.165) is 11.6 Å². The van der Waals surface area contributed by atoms with Crippen molar-refractivity contribution >= 4 is 32.5 Å². The Morgan fingerprint density at radius 3 is 2.58 bits per heavy atom. The summed E-state index contributed by atoms with van der Waals surface area (Å²) in [5, 5.41) is 12.7. The molecule has 0 radical (unpaired) electrons. The van der Waals surface area contributed by atoms with Gasteiger partial charge in [0.1, 0.15) is 5.75 Å². The molecule has 1 saturated heterocycles. The number of fused-ring (bicyclic) bond motifs is 1. The molecule has 2 aromatic carbocycles. The summed E-state index contributed by atoms with van der Waals surface area (Å²) in [7, 11) is -3.78. The highest BCUT2D eigenvalue weighted by Crippen LogP contribution is 2.25. The summed E-state index contributed by atoms with van der Waals surface area (Å²) in [6.45, 7) is 2.89. The van der Waals surface area contributed by atoms with E-state index in [1.54, 1.807) is 19.1 Å². The number of morpholine rings is 1. The molecule has 0 spiro atoms. The number of carbonyl (C=O) groups is 1. The highest BCUT2D eigenvalue weighted by molar-refractivity contribution is 7.89. The molecule has 1 aliphatic rings. The van der Waals surface area contributed by atoms with E-state index < -0.39 is 21.5 Å². The van der Waals surface area contributed by atoms with Crippen LogP contribution in [0.2, 0.25) is 0 Å². The number of anilines is 1. The van der Waals surface area contributed by atoms with E-state index in [-0.39, 0.29) is 29.3 Å². The molecule has 9 nitrogen and oxygen atoms in total. The van der Waals surface area contributed by atoms with Crippen LogP contribution in [0.4, 0.5) is 5.69 Å². The van der Waals surface area contributed by atoms with E-state index in [1.807, 2.05) is 0 Å². The standard InChI is InChI=1S/C21H21N3O6S/c1-13-8-14(10-15(25)9-13)22-21(27)18-12-20(26)23-19-3-2-16(11-17(18)19)31(28,29)24-4-6-30-7-5-24/h2-3,8-12,25H,4-7H2,1H3,(H,22,27)(H,23,26). The Balaban J connectivity index is 1.76. The first-order valence-electron chi connectivity index (χ1n) is 9.61. The Labute approximate surface area is 178 Å². The van der Waals surface area contributed by atoms with Crippen molar-refractivity contribution in [1.29, 1.82) is 0 Å². The third-order valence-electron chi connectivity index (χ3n) is 4.99. The van der Waals surface area contributed by atoms with Gasteiger partial charge in [0.15, 0.2) is 0 Å². The zero-order valence-corrected chi connectivity index (χ0v) is 17.5. The highest BCUT2D eigenvalue weighted by atomic mass is 32.2. The van der Waals surface area contributed by atoms with Crippen molar-refractivity contribution in [3.8, 4) is 5.75 Å². The number of H-pyrrole nitrogens is 1. The number of aryl methyl sites for hydroxylation is 1. The van der Waals surface area contributed by atoms with Crippen LogP contribution >= 0.6 is 0 Å². The molecule has 3 N–H and O–H groups in total. The molecule has 1 amide bonds. The van der Waals surface area contributed by atoms with Crippen molar-refractivity contribution in [3.05, 3.63) is 63.9 Å². The summed E-state index contributed by atoms with van der Waals surface area (Å²) in [6, 6.07) is 9.98. The van der Waals surface area contributed by atoms with Gasteiger partial charge in [0.05, 0.1) is 23.7 Å². The maximum atomic E-state index is 13.0. The molecule has 31 heavy (non-hydrogen) atoms. The fourth-order valence-corrected chi connectivity index (χ4v) is 4.99. The van der Waals surface area contributed by atoms with Gasteiger partial charge in [0.25, 0.3) is 5.91 Å². The van der Waals surface area contributed by atoms with Crippen molar-refractivity contribution < 1.29 is 23.1 Å². The second-order valence-electron chi connectivity index (χ2n) is 7.28. The molecule has 1 aromatic heterocycles. The number of sulfonamides is 1. The molecule has 1 fully saturated rings. The average Bonchev–Trinajstić information content (AvgIpc) is 2.72. The smallest absolute Gasteiger partial charge is 0.256 e. The Hall–Kier alpha value is -3.21. The minimum Gasteiger partial charge on any atom is -0.508 e. The topological polar surface area (TPSA) is 129 Å². The second kappa shape index (κ2) is 8.14. The number of phenols is 1. The van der Waals surface area contributed by atoms with Crippen LogP contribution < -0.4 is 10.9 Å². The van der Waals surface area contributed by atoms with E-state index in [2.05, 4.69) is 10.3 Å². The Morgan fingerprint density at radius 2 is 1.87 bits per heavy atom. The predicted molar refractivity (Wildman–Crippen MR) is 115 cm³/mol. The number of benzene rings is 2. The van der Waals surface area contributed by atoms with Gasteiger partial charge < -0.3 is 20.1 Å². The summed E-state index contributed by atoms with van der Waals surface area (Å²) in [6.07, 6.45) is 0. The molecule has 0 saturated carbocycles. The number of aromatic amines is 1. The van der Waals surface area contributed by atoms with Crippen LogP contribution in [0.15, 0.2) is 52.2 Å². The molecule has 0 aliphatic carbocycles. The van der Waals surface area contributed by atoms with E-state index in [1.165, 1.54) is 28.6 Å². The molecule has 4 rings (SSSR count). The van der Waals surface area contributed by atoms with Gasteiger partial charge >= 0.3 is 0 Å². The first kappa shape index (κ1) is 21.0. The van der Waals surface area contributed by atoms with Crippen molar-refractivity contribution in [2.75, 3.05) is 31.6 Å². The van der Waals surface area contributed by atoms with Gasteiger partial charge in [0.2, 0.25) is 15.6 Å². The number of nitrogens with one attached hydrogen (secondary N) is 2. The van der Waals surface area contributed by atoms with Crippen LogP contribution in [-0.2, 0) is 14.8 Å². The van der Waals surface area contributed by atoms with Crippen LogP contribution in [0.5, 0.6) is 5.75 Å². The van der Waals surface area contributed by atoms with E-state index in [0.29, 0.717) is 29.8 Å². The number of carbonyl (C=O) groups excluding carboxylic acids is 1. The largest absolute Gasteiger partial charge is 0.508 e. The van der Waals surface area contributed by atoms with Crippen molar-refractivity contribution in [1.82, 2.24) is 9.29 Å². The van der Waals surface area contributed by atoms with Gasteiger partial charge in [-0.05, 0) is 42.8 Å². The molecule has 2 heterocycles. The van der Waals surface area contributed by atoms with E-state index in [4.69, 9.17) is 4.74 Å². The lowest BCUT2D eigenvalue weighted by molar-refractivity contribution is 0.0730. The third-order valence-corrected chi connectivity index (χ3v) is 6.88. The molecule has 0 bridgehead atoms. The van der Waals surface area contributed by atoms with Crippen molar-refractivity contribution in [2.45, 2.75) is 11.8 Å². The van der Waals surface area contributed by atoms with Crippen LogP contribution in [0, 0.1) is 6.92 Å². The van der Waals surface area contributed by atoms with Gasteiger partial charge in [-0.2, -0.15) is 4.31 Å². The summed E-state index contributed by atoms with van der Waals surface area (Å²) in [5.74, 6) is -0.605. The molecule has 162 valence electrons. The zero-order valence-electron chi connectivity index (χ0n) is 16.7. The molecular formula is C21H21N3O6S. The van der Waals surface area contributed by atoms with Gasteiger partial charge in [-0.3, -0.25) is 9.59 Å². The summed E-state index contributed by atoms with van der Waals surface area (Å²) >= 11 is 0. The molecule has 10 heteroatoms. The minimum atomic E-state index is -3.78. The Kier molecular flexibility index (Phi) is 5.52. The summed E-state index contributed by atoms with van der Waals surface area (Å²) < 4.78 is 32.6. The number of aromatic hydroxyl groups is 1. The van der Waals surface area contributed by atoms with Gasteiger partial charge in [-0.15, -0.1) is 0 Å². The normalized spacial score (nSPS) is 15.1. The van der Waals surface area contributed by atoms with Gasteiger partial charge in [0, 0.05) is 41.8 Å². The lowest BCUT2D eigenvalue weighted by atomic mass is 10.1. The molecule has 3 aromatic rings. The molecule has 1 aliphatic heterocycles. The lowest BCUT2D eigenvalue weighted by Crippen LogP contribution is -2.40. The summed E-state index contributed by atoms with van der Waals surface area (Å²) in [5.41, 5.74) is 0.968. The van der Waals surface area contributed by atoms with Crippen molar-refractivity contribution in [3.63, 3.8) is 0 Å². The number of nitrogens with zero attached hydrogens (tertiary/aromatic N) is 1. The maximum Gasteiger partial charge on any atom is 0.256 e. The van der Waals surface area contributed by atoms with Crippen LogP contribution in [0.25, 0.3) is 10.9 Å². The van der Waals surface area contributed by atoms with Crippen LogP contribution in [-0.4, -0.2) is 55.0 Å². The monoisotopic (exact) mass is 443 g/mol. The van der Waals surface area contributed by atoms with Crippen molar-refractivity contribution in [2.24, 2.45) is 0 Å². The fraction of sp³-hybridized carbons (Fsp3) is 0.238. The number of hydrogen-bond donors (Lipinski definition) is 3. The predicted octanol–water partition coefficient (Wildman–Crippen LogP) is 1.82. The van der Waals surface area contributed by atoms with Gasteiger partial charge in [-0.25, -0.2) is 8.42 Å². The quantitative estimate of drug-likeness (QED) is 0.564. The first-order chi connectivity index (χ1) is 14.7. The molecule has 0 atom stereocenters. The molecule has 0 unspecified atom stereocenters. The van der Waals surface area contributed by atoms with Gasteiger partial charge in [-0.1, -0.05) is 0 Å². The number of rotatable bonds is 4. The van der Waals surface area contributed by atoms with E-state index in [9.17, 15) is 23.1 Å². The highest BCUT2D eigenvalue weighted by Gasteiger charge is 2.27.